The predicted octanol–water partition coefficient (Wildman–Crippen LogP) is 3.47. The third-order valence-electron chi connectivity index (χ3n) is 6.72. The van der Waals surface area contributed by atoms with E-state index in [-0.39, 0.29) is 24.6 Å². The molecule has 2 N–H and O–H groups in total. The Morgan fingerprint density at radius 2 is 1.79 bits per heavy atom. The van der Waals surface area contributed by atoms with Crippen molar-refractivity contribution in [3.05, 3.63) is 74.2 Å². The second-order valence-corrected chi connectivity index (χ2v) is 9.65. The van der Waals surface area contributed by atoms with E-state index in [2.05, 4.69) is 21.2 Å². The normalized spacial score (nSPS) is 26.1. The summed E-state index contributed by atoms with van der Waals surface area (Å²) in [6, 6.07) is 12.1. The molecule has 2 fully saturated rings. The molecule has 178 valence electrons. The van der Waals surface area contributed by atoms with Gasteiger partial charge in [-0.1, -0.05) is 53.5 Å². The van der Waals surface area contributed by atoms with Crippen LogP contribution in [0.5, 0.6) is 0 Å². The number of carboxylic acids is 1. The molecular formula is C24H24BrN3O6. The first-order valence-electron chi connectivity index (χ1n) is 11.0. The van der Waals surface area contributed by atoms with Crippen LogP contribution in [0.25, 0.3) is 0 Å². The Balaban J connectivity index is 1.79. The number of carbonyl (C=O) groups is 3. The molecule has 2 aromatic carbocycles. The Morgan fingerprint density at radius 1 is 1.15 bits per heavy atom. The molecule has 2 saturated heterocycles. The Bertz CT molecular complexity index is 1140. The largest absolute Gasteiger partial charge is 0.480 e. The number of non-ortho nitro benzene ring substituents is 1. The standard InChI is InChI=1S/C24H24BrN3O6/c1-2-3-12-27-21(29)18-19(22(27)30)24(23(31)32,13-14-4-10-17(11-5-14)28(33)34)26-20(18)15-6-8-16(25)9-7-15/h4-11,18-20,26H,2-3,12-13H2,1H3,(H,31,32). The highest BCUT2D eigenvalue weighted by atomic mass is 79.9. The summed E-state index contributed by atoms with van der Waals surface area (Å²) in [7, 11) is 0. The van der Waals surface area contributed by atoms with Crippen molar-refractivity contribution in [2.24, 2.45) is 11.8 Å². The molecule has 0 spiro atoms. The first kappa shape index (κ1) is 24.0. The number of rotatable bonds is 8. The molecule has 4 unspecified atom stereocenters. The number of hydrogen-bond acceptors (Lipinski definition) is 6. The number of carboxylic acid groups (broad SMARTS) is 1. The third kappa shape index (κ3) is 4.01. The lowest BCUT2D eigenvalue weighted by Crippen LogP contribution is -2.57. The molecule has 0 saturated carbocycles. The molecule has 9 nitrogen and oxygen atoms in total. The number of nitro benzene ring substituents is 1. The van der Waals surface area contributed by atoms with E-state index in [0.717, 1.165) is 10.9 Å². The van der Waals surface area contributed by atoms with Crippen molar-refractivity contribution in [2.45, 2.75) is 37.8 Å². The minimum atomic E-state index is -1.74. The van der Waals surface area contributed by atoms with Crippen LogP contribution in [-0.4, -0.2) is 44.8 Å². The molecule has 10 heteroatoms. The van der Waals surface area contributed by atoms with Gasteiger partial charge in [-0.2, -0.15) is 0 Å². The van der Waals surface area contributed by atoms with Gasteiger partial charge in [-0.15, -0.1) is 0 Å². The van der Waals surface area contributed by atoms with Crippen molar-refractivity contribution in [3.63, 3.8) is 0 Å². The number of amides is 2. The molecule has 0 bridgehead atoms. The van der Waals surface area contributed by atoms with E-state index in [1.165, 1.54) is 29.2 Å². The molecule has 4 rings (SSSR count). The molecule has 4 atom stereocenters. The van der Waals surface area contributed by atoms with Crippen LogP contribution in [0, 0.1) is 22.0 Å². The van der Waals surface area contributed by atoms with Crippen molar-refractivity contribution < 1.29 is 24.4 Å². The first-order valence-corrected chi connectivity index (χ1v) is 11.8. The summed E-state index contributed by atoms with van der Waals surface area (Å²) < 4.78 is 0.833. The van der Waals surface area contributed by atoms with Crippen LogP contribution in [0.1, 0.15) is 36.9 Å². The van der Waals surface area contributed by atoms with Gasteiger partial charge in [0.25, 0.3) is 5.69 Å². The minimum Gasteiger partial charge on any atom is -0.480 e. The zero-order valence-corrected chi connectivity index (χ0v) is 20.0. The van der Waals surface area contributed by atoms with Gasteiger partial charge in [0, 0.05) is 35.6 Å². The molecule has 0 aliphatic carbocycles. The maximum atomic E-state index is 13.5. The van der Waals surface area contributed by atoms with Gasteiger partial charge in [0.1, 0.15) is 5.54 Å². The van der Waals surface area contributed by atoms with Gasteiger partial charge in [-0.05, 0) is 29.7 Å². The fraction of sp³-hybridized carbons (Fsp3) is 0.375. The predicted molar refractivity (Wildman–Crippen MR) is 126 cm³/mol. The SMILES string of the molecule is CCCCN1C(=O)C2C(c3ccc(Br)cc3)NC(Cc3ccc([N+](=O)[O-])cc3)(C(=O)O)C2C1=O. The molecule has 0 radical (unpaired) electrons. The number of likely N-dealkylation sites (tertiary alicyclic amines) is 1. The highest BCUT2D eigenvalue weighted by Crippen LogP contribution is 2.50. The number of carbonyl (C=O) groups excluding carboxylic acids is 2. The average molecular weight is 530 g/mol. The molecule has 2 aromatic rings. The van der Waals surface area contributed by atoms with Gasteiger partial charge in [0.2, 0.25) is 11.8 Å². The quantitative estimate of drug-likeness (QED) is 0.304. The van der Waals surface area contributed by atoms with E-state index in [1.54, 1.807) is 24.3 Å². The van der Waals surface area contributed by atoms with Crippen LogP contribution in [0.2, 0.25) is 0 Å². The number of halogens is 1. The molecular weight excluding hydrogens is 506 g/mol. The maximum absolute atomic E-state index is 13.5. The van der Waals surface area contributed by atoms with Crippen LogP contribution in [0.15, 0.2) is 53.0 Å². The summed E-state index contributed by atoms with van der Waals surface area (Å²) >= 11 is 3.38. The number of imide groups is 1. The van der Waals surface area contributed by atoms with Crippen LogP contribution < -0.4 is 5.32 Å². The number of nitro groups is 1. The summed E-state index contributed by atoms with van der Waals surface area (Å²) in [6.07, 6.45) is 1.32. The summed E-state index contributed by atoms with van der Waals surface area (Å²) in [6.45, 7) is 2.20. The Kier molecular flexibility index (Phi) is 6.55. The number of unbranched alkanes of at least 4 members (excludes halogenated alkanes) is 1. The monoisotopic (exact) mass is 529 g/mol. The molecule has 2 aliphatic rings. The zero-order valence-electron chi connectivity index (χ0n) is 18.4. The number of aliphatic carboxylic acids is 1. The topological polar surface area (TPSA) is 130 Å². The maximum Gasteiger partial charge on any atom is 0.325 e. The number of nitrogens with one attached hydrogen (secondary N) is 1. The van der Waals surface area contributed by atoms with E-state index < -0.39 is 40.2 Å². The second kappa shape index (κ2) is 9.27. The minimum absolute atomic E-state index is 0.102. The van der Waals surface area contributed by atoms with Gasteiger partial charge in [0.05, 0.1) is 16.8 Å². The van der Waals surface area contributed by atoms with Crippen molar-refractivity contribution in [2.75, 3.05) is 6.54 Å². The third-order valence-corrected chi connectivity index (χ3v) is 7.25. The van der Waals surface area contributed by atoms with Crippen LogP contribution in [-0.2, 0) is 20.8 Å². The smallest absolute Gasteiger partial charge is 0.325 e. The van der Waals surface area contributed by atoms with Crippen LogP contribution in [0.3, 0.4) is 0 Å². The molecule has 2 heterocycles. The van der Waals surface area contributed by atoms with E-state index in [9.17, 15) is 29.6 Å². The number of benzene rings is 2. The van der Waals surface area contributed by atoms with Gasteiger partial charge in [0.15, 0.2) is 0 Å². The molecule has 2 amide bonds. The number of fused-ring (bicyclic) bond motifs is 1. The summed E-state index contributed by atoms with van der Waals surface area (Å²) in [5.41, 5.74) is -0.630. The van der Waals surface area contributed by atoms with Gasteiger partial charge in [-0.25, -0.2) is 0 Å². The lowest BCUT2D eigenvalue weighted by molar-refractivity contribution is -0.384. The Morgan fingerprint density at radius 3 is 2.35 bits per heavy atom. The van der Waals surface area contributed by atoms with Gasteiger partial charge >= 0.3 is 5.97 Å². The molecule has 34 heavy (non-hydrogen) atoms. The highest BCUT2D eigenvalue weighted by molar-refractivity contribution is 9.10. The lowest BCUT2D eigenvalue weighted by Gasteiger charge is -2.31. The lowest BCUT2D eigenvalue weighted by atomic mass is 9.76. The molecule has 0 aromatic heterocycles. The Labute approximate surface area is 204 Å². The Hall–Kier alpha value is -3.11. The fourth-order valence-electron chi connectivity index (χ4n) is 5.05. The average Bonchev–Trinajstić information content (AvgIpc) is 3.27. The van der Waals surface area contributed by atoms with E-state index in [4.69, 9.17) is 0 Å². The van der Waals surface area contributed by atoms with Crippen LogP contribution >= 0.6 is 15.9 Å². The fourth-order valence-corrected chi connectivity index (χ4v) is 5.31. The van der Waals surface area contributed by atoms with Crippen molar-refractivity contribution in [1.29, 1.82) is 0 Å². The highest BCUT2D eigenvalue weighted by Gasteiger charge is 2.68. The van der Waals surface area contributed by atoms with Gasteiger partial charge < -0.3 is 5.11 Å². The van der Waals surface area contributed by atoms with Crippen molar-refractivity contribution in [1.82, 2.24) is 10.2 Å². The summed E-state index contributed by atoms with van der Waals surface area (Å²) in [5, 5.41) is 24.6. The first-order chi connectivity index (χ1) is 16.2. The van der Waals surface area contributed by atoms with E-state index in [0.29, 0.717) is 17.5 Å². The zero-order chi connectivity index (χ0) is 24.6. The number of hydrogen-bond donors (Lipinski definition) is 2. The van der Waals surface area contributed by atoms with Crippen LogP contribution in [0.4, 0.5) is 5.69 Å². The van der Waals surface area contributed by atoms with E-state index in [1.807, 2.05) is 6.92 Å². The number of nitrogens with zero attached hydrogens (tertiary/aromatic N) is 2. The van der Waals surface area contributed by atoms with Crippen molar-refractivity contribution in [3.8, 4) is 0 Å². The second-order valence-electron chi connectivity index (χ2n) is 8.74. The van der Waals surface area contributed by atoms with E-state index >= 15 is 0 Å². The molecule has 2 aliphatic heterocycles. The van der Waals surface area contributed by atoms with Gasteiger partial charge in [-0.3, -0.25) is 34.7 Å². The summed E-state index contributed by atoms with van der Waals surface area (Å²) in [5.74, 6) is -4.05. The van der Waals surface area contributed by atoms with Crippen molar-refractivity contribution >= 4 is 39.4 Å². The summed E-state index contributed by atoms with van der Waals surface area (Å²) in [4.78, 5) is 51.4.